The highest BCUT2D eigenvalue weighted by atomic mass is 35.5. The van der Waals surface area contributed by atoms with Crippen LogP contribution in [0.5, 0.6) is 0 Å². The summed E-state index contributed by atoms with van der Waals surface area (Å²) in [7, 11) is 0. The normalized spacial score (nSPS) is 24.1. The number of carbonyl (C=O) groups is 1. The van der Waals surface area contributed by atoms with Gasteiger partial charge in [0.1, 0.15) is 11.6 Å². The molecule has 1 aliphatic rings. The van der Waals surface area contributed by atoms with Gasteiger partial charge >= 0.3 is 0 Å². The second kappa shape index (κ2) is 5.22. The minimum Gasteiger partial charge on any atom is -0.337 e. The molecule has 0 spiro atoms. The van der Waals surface area contributed by atoms with Crippen LogP contribution in [0, 0.1) is 17.6 Å². The number of hydrogen-bond acceptors (Lipinski definition) is 1. The van der Waals surface area contributed by atoms with E-state index in [1.54, 1.807) is 0 Å². The van der Waals surface area contributed by atoms with Gasteiger partial charge in [-0.1, -0.05) is 6.92 Å². The number of likely N-dealkylation sites (tertiary alicyclic amines) is 1. The summed E-state index contributed by atoms with van der Waals surface area (Å²) in [5.74, 6) is -1.60. The van der Waals surface area contributed by atoms with Crippen molar-refractivity contribution in [3.05, 3.63) is 35.4 Å². The zero-order valence-corrected chi connectivity index (χ0v) is 10.8. The number of halogens is 3. The van der Waals surface area contributed by atoms with Gasteiger partial charge in [-0.15, -0.1) is 11.6 Å². The fourth-order valence-electron chi connectivity index (χ4n) is 2.04. The smallest absolute Gasteiger partial charge is 0.256 e. The Morgan fingerprint density at radius 1 is 1.44 bits per heavy atom. The van der Waals surface area contributed by atoms with Crippen molar-refractivity contribution in [1.29, 1.82) is 0 Å². The molecule has 1 aromatic rings. The van der Waals surface area contributed by atoms with Crippen molar-refractivity contribution in [2.45, 2.75) is 18.7 Å². The van der Waals surface area contributed by atoms with Crippen molar-refractivity contribution in [1.82, 2.24) is 4.90 Å². The Hall–Kier alpha value is -1.16. The van der Waals surface area contributed by atoms with Crippen LogP contribution < -0.4 is 0 Å². The van der Waals surface area contributed by atoms with Crippen molar-refractivity contribution < 1.29 is 13.6 Å². The number of rotatable bonds is 1. The summed E-state index contributed by atoms with van der Waals surface area (Å²) in [5, 5.41) is -0.119. The van der Waals surface area contributed by atoms with E-state index in [2.05, 4.69) is 0 Å². The van der Waals surface area contributed by atoms with E-state index in [9.17, 15) is 13.6 Å². The number of nitrogens with zero attached hydrogens (tertiary/aromatic N) is 1. The first-order valence-electron chi connectivity index (χ1n) is 5.87. The highest BCUT2D eigenvalue weighted by Crippen LogP contribution is 2.23. The first kappa shape index (κ1) is 13.3. The molecule has 0 aromatic heterocycles. The first-order chi connectivity index (χ1) is 8.49. The minimum absolute atomic E-state index is 0.102. The predicted molar refractivity (Wildman–Crippen MR) is 65.7 cm³/mol. The second-order valence-corrected chi connectivity index (χ2v) is 5.22. The standard InChI is InChI=1S/C13H14ClF2NO/c1-8-4-5-17(7-11(8)14)13(18)10-3-2-9(15)6-12(10)16/h2-3,6,8,11H,4-5,7H2,1H3. The molecule has 1 aliphatic heterocycles. The van der Waals surface area contributed by atoms with Crippen LogP contribution in [0.15, 0.2) is 18.2 Å². The zero-order chi connectivity index (χ0) is 13.3. The Bertz CT molecular complexity index is 466. The third kappa shape index (κ3) is 2.64. The van der Waals surface area contributed by atoms with Crippen molar-refractivity contribution in [2.75, 3.05) is 13.1 Å². The number of piperidine rings is 1. The van der Waals surface area contributed by atoms with E-state index in [4.69, 9.17) is 11.6 Å². The number of benzene rings is 1. The lowest BCUT2D eigenvalue weighted by molar-refractivity contribution is 0.0696. The summed E-state index contributed by atoms with van der Waals surface area (Å²) in [6.45, 7) is 2.98. The molecule has 0 N–H and O–H groups in total. The molecular formula is C13H14ClF2NO. The molecule has 1 fully saturated rings. The molecule has 0 saturated carbocycles. The van der Waals surface area contributed by atoms with Gasteiger partial charge in [-0.25, -0.2) is 8.78 Å². The summed E-state index contributed by atoms with van der Waals surface area (Å²) in [4.78, 5) is 13.6. The number of carbonyl (C=O) groups excluding carboxylic acids is 1. The van der Waals surface area contributed by atoms with E-state index in [1.165, 1.54) is 11.0 Å². The van der Waals surface area contributed by atoms with Gasteiger partial charge in [0.15, 0.2) is 0 Å². The van der Waals surface area contributed by atoms with E-state index in [1.807, 2.05) is 6.92 Å². The summed E-state index contributed by atoms with van der Waals surface area (Å²) >= 11 is 6.11. The van der Waals surface area contributed by atoms with E-state index in [-0.39, 0.29) is 10.9 Å². The van der Waals surface area contributed by atoms with E-state index >= 15 is 0 Å². The molecular weight excluding hydrogens is 260 g/mol. The fraction of sp³-hybridized carbons (Fsp3) is 0.462. The van der Waals surface area contributed by atoms with Crippen LogP contribution >= 0.6 is 11.6 Å². The van der Waals surface area contributed by atoms with Gasteiger partial charge < -0.3 is 4.90 Å². The first-order valence-corrected chi connectivity index (χ1v) is 6.31. The third-order valence-electron chi connectivity index (χ3n) is 3.32. The Kier molecular flexibility index (Phi) is 3.85. The van der Waals surface area contributed by atoms with Crippen molar-refractivity contribution in [3.8, 4) is 0 Å². The fourth-order valence-corrected chi connectivity index (χ4v) is 2.33. The van der Waals surface area contributed by atoms with Crippen molar-refractivity contribution >= 4 is 17.5 Å². The molecule has 1 heterocycles. The molecule has 1 amide bonds. The van der Waals surface area contributed by atoms with Gasteiger partial charge in [0.25, 0.3) is 5.91 Å². The molecule has 0 aliphatic carbocycles. The maximum Gasteiger partial charge on any atom is 0.256 e. The molecule has 2 rings (SSSR count). The van der Waals surface area contributed by atoms with Gasteiger partial charge in [-0.2, -0.15) is 0 Å². The molecule has 2 atom stereocenters. The van der Waals surface area contributed by atoms with Crippen LogP contribution in [0.3, 0.4) is 0 Å². The predicted octanol–water partition coefficient (Wildman–Crippen LogP) is 3.05. The molecule has 1 aromatic carbocycles. The summed E-state index contributed by atoms with van der Waals surface area (Å²) < 4.78 is 26.3. The van der Waals surface area contributed by atoms with Gasteiger partial charge in [0.2, 0.25) is 0 Å². The Morgan fingerprint density at radius 3 is 2.78 bits per heavy atom. The summed E-state index contributed by atoms with van der Waals surface area (Å²) in [6, 6.07) is 2.98. The lowest BCUT2D eigenvalue weighted by atomic mass is 9.98. The second-order valence-electron chi connectivity index (χ2n) is 4.66. The molecule has 0 radical (unpaired) electrons. The average molecular weight is 274 g/mol. The highest BCUT2D eigenvalue weighted by molar-refractivity contribution is 6.21. The minimum atomic E-state index is -0.829. The van der Waals surface area contributed by atoms with Gasteiger partial charge in [0, 0.05) is 19.2 Å². The summed E-state index contributed by atoms with van der Waals surface area (Å²) in [5.41, 5.74) is -0.102. The van der Waals surface area contributed by atoms with Crippen molar-refractivity contribution in [2.24, 2.45) is 5.92 Å². The Labute approximate surface area is 110 Å². The molecule has 18 heavy (non-hydrogen) atoms. The largest absolute Gasteiger partial charge is 0.337 e. The lowest BCUT2D eigenvalue weighted by Gasteiger charge is -2.34. The average Bonchev–Trinajstić information content (AvgIpc) is 2.32. The summed E-state index contributed by atoms with van der Waals surface area (Å²) in [6.07, 6.45) is 0.794. The van der Waals surface area contributed by atoms with Crippen LogP contribution in [0.25, 0.3) is 0 Å². The van der Waals surface area contributed by atoms with Crippen molar-refractivity contribution in [3.63, 3.8) is 0 Å². The van der Waals surface area contributed by atoms with Crippen LogP contribution in [-0.2, 0) is 0 Å². The van der Waals surface area contributed by atoms with Gasteiger partial charge in [-0.3, -0.25) is 4.79 Å². The Morgan fingerprint density at radius 2 is 2.17 bits per heavy atom. The zero-order valence-electron chi connectivity index (χ0n) is 10.00. The third-order valence-corrected chi connectivity index (χ3v) is 3.88. The van der Waals surface area contributed by atoms with E-state index in [0.29, 0.717) is 19.0 Å². The molecule has 5 heteroatoms. The number of alkyl halides is 1. The topological polar surface area (TPSA) is 20.3 Å². The maximum atomic E-state index is 13.5. The van der Waals surface area contributed by atoms with E-state index in [0.717, 1.165) is 18.6 Å². The monoisotopic (exact) mass is 273 g/mol. The quantitative estimate of drug-likeness (QED) is 0.720. The number of amides is 1. The van der Waals surface area contributed by atoms with Gasteiger partial charge in [0.05, 0.1) is 10.9 Å². The van der Waals surface area contributed by atoms with Crippen LogP contribution in [0.1, 0.15) is 23.7 Å². The van der Waals surface area contributed by atoms with Crippen LogP contribution in [0.4, 0.5) is 8.78 Å². The SMILES string of the molecule is CC1CCN(C(=O)c2ccc(F)cc2F)CC1Cl. The molecule has 1 saturated heterocycles. The number of hydrogen-bond donors (Lipinski definition) is 0. The molecule has 0 bridgehead atoms. The molecule has 2 unspecified atom stereocenters. The van der Waals surface area contributed by atoms with Crippen LogP contribution in [-0.4, -0.2) is 29.3 Å². The van der Waals surface area contributed by atoms with Crippen LogP contribution in [0.2, 0.25) is 0 Å². The molecule has 98 valence electrons. The maximum absolute atomic E-state index is 13.5. The van der Waals surface area contributed by atoms with E-state index < -0.39 is 17.5 Å². The molecule has 2 nitrogen and oxygen atoms in total. The van der Waals surface area contributed by atoms with Gasteiger partial charge in [-0.05, 0) is 24.5 Å². The Balaban J connectivity index is 2.16. The lowest BCUT2D eigenvalue weighted by Crippen LogP contribution is -2.44. The highest BCUT2D eigenvalue weighted by Gasteiger charge is 2.29.